The molecule has 1 aliphatic carbocycles. The minimum absolute atomic E-state index is 0.184. The van der Waals surface area contributed by atoms with Gasteiger partial charge in [0.2, 0.25) is 5.91 Å². The van der Waals surface area contributed by atoms with Gasteiger partial charge in [0, 0.05) is 32.0 Å². The summed E-state index contributed by atoms with van der Waals surface area (Å²) in [6.45, 7) is 7.11. The molecule has 1 aromatic rings. The summed E-state index contributed by atoms with van der Waals surface area (Å²) in [5.41, 5.74) is 3.07. The average Bonchev–Trinajstić information content (AvgIpc) is 2.64. The highest BCUT2D eigenvalue weighted by atomic mass is 16.2. The first kappa shape index (κ1) is 17.1. The molecule has 3 aliphatic rings. The maximum atomic E-state index is 12.1. The molecule has 1 aromatic carbocycles. The molecule has 3 heteroatoms. The smallest absolute Gasteiger partial charge is 0.219 e. The van der Waals surface area contributed by atoms with Crippen LogP contribution in [0.4, 0.5) is 0 Å². The number of fused-ring (bicyclic) bond motifs is 2. The summed E-state index contributed by atoms with van der Waals surface area (Å²) < 4.78 is 0. The van der Waals surface area contributed by atoms with Crippen LogP contribution in [0, 0.1) is 5.92 Å². The number of amides is 1. The van der Waals surface area contributed by atoms with E-state index in [-0.39, 0.29) is 11.3 Å². The fourth-order valence-electron chi connectivity index (χ4n) is 5.44. The summed E-state index contributed by atoms with van der Waals surface area (Å²) in [5, 5.41) is 0. The number of rotatable bonds is 2. The molecule has 136 valence electrons. The molecule has 0 radical (unpaired) electrons. The van der Waals surface area contributed by atoms with Gasteiger partial charge in [0.25, 0.3) is 0 Å². The quantitative estimate of drug-likeness (QED) is 0.813. The van der Waals surface area contributed by atoms with Crippen LogP contribution in [0.15, 0.2) is 24.3 Å². The van der Waals surface area contributed by atoms with Gasteiger partial charge in [0.05, 0.1) is 0 Å². The monoisotopic (exact) mass is 340 g/mol. The maximum Gasteiger partial charge on any atom is 0.219 e. The number of hydrogen-bond acceptors (Lipinski definition) is 2. The second-order valence-electron chi connectivity index (χ2n) is 8.62. The Labute approximate surface area is 152 Å². The van der Waals surface area contributed by atoms with Crippen molar-refractivity contribution in [3.05, 3.63) is 35.4 Å². The average molecular weight is 341 g/mol. The van der Waals surface area contributed by atoms with Crippen molar-refractivity contribution in [3.63, 3.8) is 0 Å². The highest BCUT2D eigenvalue weighted by Crippen LogP contribution is 2.42. The van der Waals surface area contributed by atoms with Crippen molar-refractivity contribution in [2.75, 3.05) is 26.2 Å². The molecule has 0 aromatic heterocycles. The summed E-state index contributed by atoms with van der Waals surface area (Å²) >= 11 is 0. The van der Waals surface area contributed by atoms with Gasteiger partial charge in [-0.15, -0.1) is 0 Å². The Hall–Kier alpha value is -1.35. The van der Waals surface area contributed by atoms with Gasteiger partial charge in [0.15, 0.2) is 0 Å². The molecule has 0 bridgehead atoms. The van der Waals surface area contributed by atoms with Crippen LogP contribution in [-0.4, -0.2) is 41.9 Å². The minimum atomic E-state index is 0.184. The molecule has 3 nitrogen and oxygen atoms in total. The second-order valence-corrected chi connectivity index (χ2v) is 8.62. The first-order chi connectivity index (χ1) is 12.2. The van der Waals surface area contributed by atoms with Gasteiger partial charge in [-0.2, -0.15) is 0 Å². The zero-order valence-electron chi connectivity index (χ0n) is 15.7. The van der Waals surface area contributed by atoms with Crippen LogP contribution in [-0.2, 0) is 16.8 Å². The van der Waals surface area contributed by atoms with E-state index in [1.807, 2.05) is 0 Å². The van der Waals surface area contributed by atoms with Gasteiger partial charge in [-0.1, -0.05) is 43.5 Å². The maximum absolute atomic E-state index is 12.1. The molecule has 2 fully saturated rings. The Bertz CT molecular complexity index is 612. The first-order valence-corrected chi connectivity index (χ1v) is 10.2. The number of benzene rings is 1. The van der Waals surface area contributed by atoms with Gasteiger partial charge >= 0.3 is 0 Å². The highest BCUT2D eigenvalue weighted by molar-refractivity contribution is 5.74. The van der Waals surface area contributed by atoms with Crippen LogP contribution in [0.3, 0.4) is 0 Å². The first-order valence-electron chi connectivity index (χ1n) is 10.2. The number of piperidine rings is 1. The van der Waals surface area contributed by atoms with E-state index in [4.69, 9.17) is 0 Å². The summed E-state index contributed by atoms with van der Waals surface area (Å²) in [6.07, 6.45) is 9.57. The lowest BCUT2D eigenvalue weighted by Crippen LogP contribution is -2.53. The van der Waals surface area contributed by atoms with Crippen molar-refractivity contribution >= 4 is 5.91 Å². The third-order valence-electron chi connectivity index (χ3n) is 6.94. The molecule has 1 amide bonds. The van der Waals surface area contributed by atoms with Crippen molar-refractivity contribution in [2.24, 2.45) is 5.92 Å². The molecule has 2 aliphatic heterocycles. The van der Waals surface area contributed by atoms with E-state index in [9.17, 15) is 4.79 Å². The van der Waals surface area contributed by atoms with E-state index >= 15 is 0 Å². The van der Waals surface area contributed by atoms with Gasteiger partial charge in [-0.3, -0.25) is 4.79 Å². The van der Waals surface area contributed by atoms with Crippen LogP contribution in [0.5, 0.6) is 0 Å². The van der Waals surface area contributed by atoms with Crippen molar-refractivity contribution in [3.8, 4) is 0 Å². The van der Waals surface area contributed by atoms with E-state index in [1.54, 1.807) is 6.92 Å². The van der Waals surface area contributed by atoms with Crippen LogP contribution in [0.2, 0.25) is 0 Å². The zero-order valence-corrected chi connectivity index (χ0v) is 15.7. The zero-order chi connectivity index (χ0) is 17.3. The third-order valence-corrected chi connectivity index (χ3v) is 6.94. The SMILES string of the molecule is CC(=O)N1Cc2ccccc2C2(CCN(CC3CCCCC3)CC2)C1. The lowest BCUT2D eigenvalue weighted by Gasteiger charge is -2.49. The van der Waals surface area contributed by atoms with Crippen LogP contribution in [0.1, 0.15) is 63.0 Å². The fraction of sp³-hybridized carbons (Fsp3) is 0.682. The molecule has 0 unspecified atom stereocenters. The predicted octanol–water partition coefficient (Wildman–Crippen LogP) is 3.96. The molecular formula is C22H32N2O. The van der Waals surface area contributed by atoms with Crippen LogP contribution < -0.4 is 0 Å². The topological polar surface area (TPSA) is 23.6 Å². The Morgan fingerprint density at radius 1 is 1.12 bits per heavy atom. The predicted molar refractivity (Wildman–Crippen MR) is 101 cm³/mol. The minimum Gasteiger partial charge on any atom is -0.338 e. The Balaban J connectivity index is 1.47. The number of carbonyl (C=O) groups excluding carboxylic acids is 1. The number of carbonyl (C=O) groups is 1. The lowest BCUT2D eigenvalue weighted by atomic mass is 9.68. The van der Waals surface area contributed by atoms with E-state index in [2.05, 4.69) is 34.1 Å². The number of nitrogens with zero attached hydrogens (tertiary/aromatic N) is 2. The van der Waals surface area contributed by atoms with Crippen molar-refractivity contribution in [1.82, 2.24) is 9.80 Å². The third kappa shape index (κ3) is 3.48. The van der Waals surface area contributed by atoms with Crippen molar-refractivity contribution in [2.45, 2.75) is 63.8 Å². The summed E-state index contributed by atoms with van der Waals surface area (Å²) in [7, 11) is 0. The second kappa shape index (κ2) is 7.11. The van der Waals surface area contributed by atoms with Crippen molar-refractivity contribution < 1.29 is 4.79 Å². The number of hydrogen-bond donors (Lipinski definition) is 0. The van der Waals surface area contributed by atoms with Crippen LogP contribution in [0.25, 0.3) is 0 Å². The molecule has 1 saturated heterocycles. The number of likely N-dealkylation sites (tertiary alicyclic amines) is 1. The molecule has 0 atom stereocenters. The molecule has 4 rings (SSSR count). The normalized spacial score (nSPS) is 24.3. The Morgan fingerprint density at radius 3 is 2.56 bits per heavy atom. The molecule has 1 saturated carbocycles. The van der Waals surface area contributed by atoms with E-state index in [1.165, 1.54) is 75.7 Å². The standard InChI is InChI=1S/C22H32N2O/c1-18(25)24-16-20-9-5-6-10-21(20)22(17-24)11-13-23(14-12-22)15-19-7-3-2-4-8-19/h5-6,9-10,19H,2-4,7-8,11-17H2,1H3. The largest absolute Gasteiger partial charge is 0.338 e. The van der Waals surface area contributed by atoms with Gasteiger partial charge in [-0.25, -0.2) is 0 Å². The highest BCUT2D eigenvalue weighted by Gasteiger charge is 2.42. The fourth-order valence-corrected chi connectivity index (χ4v) is 5.44. The van der Waals surface area contributed by atoms with Gasteiger partial charge < -0.3 is 9.80 Å². The molecule has 25 heavy (non-hydrogen) atoms. The van der Waals surface area contributed by atoms with Gasteiger partial charge in [0.1, 0.15) is 0 Å². The summed E-state index contributed by atoms with van der Waals surface area (Å²) in [5.74, 6) is 1.15. The molecule has 1 spiro atoms. The van der Waals surface area contributed by atoms with Crippen LogP contribution >= 0.6 is 0 Å². The van der Waals surface area contributed by atoms with Gasteiger partial charge in [-0.05, 0) is 55.8 Å². The lowest BCUT2D eigenvalue weighted by molar-refractivity contribution is -0.131. The Morgan fingerprint density at radius 2 is 1.84 bits per heavy atom. The van der Waals surface area contributed by atoms with Crippen molar-refractivity contribution in [1.29, 1.82) is 0 Å². The molecule has 0 N–H and O–H groups in total. The molecule has 2 heterocycles. The molecular weight excluding hydrogens is 308 g/mol. The van der Waals surface area contributed by atoms with E-state index in [0.717, 1.165) is 19.0 Å². The summed E-state index contributed by atoms with van der Waals surface area (Å²) in [6, 6.07) is 8.84. The van der Waals surface area contributed by atoms with E-state index < -0.39 is 0 Å². The Kier molecular flexibility index (Phi) is 4.86. The van der Waals surface area contributed by atoms with E-state index in [0.29, 0.717) is 0 Å². The summed E-state index contributed by atoms with van der Waals surface area (Å²) in [4.78, 5) is 16.9.